The van der Waals surface area contributed by atoms with E-state index in [1.165, 1.54) is 12.1 Å². The van der Waals surface area contributed by atoms with Crippen LogP contribution in [0.4, 0.5) is 4.39 Å². The summed E-state index contributed by atoms with van der Waals surface area (Å²) in [6, 6.07) is 3.61. The van der Waals surface area contributed by atoms with Crippen molar-refractivity contribution in [3.63, 3.8) is 0 Å². The zero-order valence-corrected chi connectivity index (χ0v) is 12.5. The van der Waals surface area contributed by atoms with Crippen LogP contribution < -0.4 is 0 Å². The zero-order chi connectivity index (χ0) is 15.1. The summed E-state index contributed by atoms with van der Waals surface area (Å²) < 4.78 is 19.2. The van der Waals surface area contributed by atoms with E-state index in [1.54, 1.807) is 11.0 Å². The molecule has 1 saturated heterocycles. The Labute approximate surface area is 128 Å². The Morgan fingerprint density at radius 2 is 2.14 bits per heavy atom. The molecular formula is C14H13BrFNO4. The Kier molecular flexibility index (Phi) is 3.71. The molecule has 5 nitrogen and oxygen atoms in total. The minimum absolute atomic E-state index is 0.0277. The Balaban J connectivity index is 2.03. The van der Waals surface area contributed by atoms with E-state index < -0.39 is 23.9 Å². The number of carbonyl (C=O) groups excluding carboxylic acids is 1. The lowest BCUT2D eigenvalue weighted by molar-refractivity contribution is -0.174. The largest absolute Gasteiger partial charge is 0.479 e. The smallest absolute Gasteiger partial charge is 0.335 e. The summed E-state index contributed by atoms with van der Waals surface area (Å²) in [5, 5.41) is 9.33. The Hall–Kier alpha value is -1.47. The van der Waals surface area contributed by atoms with Crippen molar-refractivity contribution in [3.8, 4) is 0 Å². The minimum atomic E-state index is -1.18. The van der Waals surface area contributed by atoms with Crippen LogP contribution in [0, 0.1) is 5.82 Å². The molecule has 1 aliphatic heterocycles. The van der Waals surface area contributed by atoms with Crippen molar-refractivity contribution in [2.75, 3.05) is 6.61 Å². The molecule has 0 aromatic heterocycles. The first-order chi connectivity index (χ1) is 9.99. The molecule has 1 aromatic carbocycles. The van der Waals surface area contributed by atoms with Gasteiger partial charge in [-0.1, -0.05) is 6.07 Å². The van der Waals surface area contributed by atoms with Crippen LogP contribution >= 0.6 is 15.9 Å². The standard InChI is InChI=1S/C14H13BrFNO4/c15-9-4-1-7(5-10(9)16)12-13(14(19)20)21-6-11(18)17(12)8-2-3-8/h1,4-5,8,12-13H,2-3,6H2,(H,19,20). The first-order valence-corrected chi connectivity index (χ1v) is 7.39. The van der Waals surface area contributed by atoms with Crippen molar-refractivity contribution in [2.45, 2.75) is 31.0 Å². The van der Waals surface area contributed by atoms with Crippen molar-refractivity contribution in [1.29, 1.82) is 0 Å². The quantitative estimate of drug-likeness (QED) is 0.899. The first-order valence-electron chi connectivity index (χ1n) is 6.59. The number of carbonyl (C=O) groups is 2. The maximum atomic E-state index is 13.8. The van der Waals surface area contributed by atoms with Crippen LogP contribution in [0.25, 0.3) is 0 Å². The van der Waals surface area contributed by atoms with Gasteiger partial charge in [0.2, 0.25) is 5.91 Å². The number of carboxylic acid groups (broad SMARTS) is 1. The second kappa shape index (κ2) is 5.38. The van der Waals surface area contributed by atoms with E-state index in [-0.39, 0.29) is 18.6 Å². The molecule has 112 valence electrons. The number of nitrogens with zero attached hydrogens (tertiary/aromatic N) is 1. The Bertz CT molecular complexity index is 605. The number of ether oxygens (including phenoxy) is 1. The van der Waals surface area contributed by atoms with Crippen molar-refractivity contribution >= 4 is 27.8 Å². The summed E-state index contributed by atoms with van der Waals surface area (Å²) >= 11 is 3.06. The van der Waals surface area contributed by atoms with Crippen LogP contribution in [0.15, 0.2) is 22.7 Å². The van der Waals surface area contributed by atoms with Crippen molar-refractivity contribution in [1.82, 2.24) is 4.90 Å². The first kappa shape index (κ1) is 14.5. The summed E-state index contributed by atoms with van der Waals surface area (Å²) in [7, 11) is 0. The monoisotopic (exact) mass is 357 g/mol. The van der Waals surface area contributed by atoms with Crippen molar-refractivity contribution in [3.05, 3.63) is 34.1 Å². The summed E-state index contributed by atoms with van der Waals surface area (Å²) in [4.78, 5) is 25.1. The molecule has 1 N–H and O–H groups in total. The molecule has 0 spiro atoms. The lowest BCUT2D eigenvalue weighted by atomic mass is 9.97. The Morgan fingerprint density at radius 1 is 1.43 bits per heavy atom. The molecule has 2 fully saturated rings. The zero-order valence-electron chi connectivity index (χ0n) is 11.0. The van der Waals surface area contributed by atoms with Crippen molar-refractivity contribution in [2.24, 2.45) is 0 Å². The molecular weight excluding hydrogens is 345 g/mol. The number of morpholine rings is 1. The van der Waals surface area contributed by atoms with Gasteiger partial charge >= 0.3 is 5.97 Å². The number of hydrogen-bond donors (Lipinski definition) is 1. The van der Waals surface area contributed by atoms with Crippen LogP contribution in [-0.4, -0.2) is 40.6 Å². The summed E-state index contributed by atoms with van der Waals surface area (Å²) in [5.41, 5.74) is 0.433. The van der Waals surface area contributed by atoms with Gasteiger partial charge in [0.05, 0.1) is 10.5 Å². The van der Waals surface area contributed by atoms with Crippen LogP contribution in [0.2, 0.25) is 0 Å². The van der Waals surface area contributed by atoms with E-state index in [2.05, 4.69) is 15.9 Å². The number of rotatable bonds is 3. The molecule has 1 amide bonds. The highest BCUT2D eigenvalue weighted by Gasteiger charge is 2.47. The predicted octanol–water partition coefficient (Wildman–Crippen LogP) is 2.10. The average molecular weight is 358 g/mol. The number of halogens is 2. The molecule has 2 unspecified atom stereocenters. The topological polar surface area (TPSA) is 66.8 Å². The number of amides is 1. The van der Waals surface area contributed by atoms with Gasteiger partial charge in [0.25, 0.3) is 0 Å². The molecule has 1 aromatic rings. The van der Waals surface area contributed by atoms with Gasteiger partial charge in [0.1, 0.15) is 12.4 Å². The number of carboxylic acids is 1. The SMILES string of the molecule is O=C(O)C1OCC(=O)N(C2CC2)C1c1ccc(Br)c(F)c1. The third-order valence-corrected chi connectivity index (χ3v) is 4.37. The molecule has 0 bridgehead atoms. The third kappa shape index (κ3) is 2.67. The number of hydrogen-bond acceptors (Lipinski definition) is 3. The molecule has 1 heterocycles. The minimum Gasteiger partial charge on any atom is -0.479 e. The van der Waals surface area contributed by atoms with E-state index in [9.17, 15) is 19.1 Å². The van der Waals surface area contributed by atoms with Crippen LogP contribution in [-0.2, 0) is 14.3 Å². The van der Waals surface area contributed by atoms with Gasteiger partial charge in [-0.05, 0) is 46.5 Å². The average Bonchev–Trinajstić information content (AvgIpc) is 3.25. The summed E-state index contributed by atoms with van der Waals surface area (Å²) in [6.45, 7) is -0.247. The van der Waals surface area contributed by atoms with Crippen molar-refractivity contribution < 1.29 is 23.8 Å². The van der Waals surface area contributed by atoms with Crippen LogP contribution in [0.1, 0.15) is 24.4 Å². The van der Waals surface area contributed by atoms with Gasteiger partial charge in [-0.3, -0.25) is 4.79 Å². The normalized spacial score (nSPS) is 26.0. The third-order valence-electron chi connectivity index (χ3n) is 3.73. The van der Waals surface area contributed by atoms with E-state index in [4.69, 9.17) is 4.74 Å². The van der Waals surface area contributed by atoms with Gasteiger partial charge in [0.15, 0.2) is 6.10 Å². The second-order valence-corrected chi connectivity index (χ2v) is 6.07. The predicted molar refractivity (Wildman–Crippen MR) is 74.1 cm³/mol. The van der Waals surface area contributed by atoms with Gasteiger partial charge < -0.3 is 14.7 Å². The van der Waals surface area contributed by atoms with Crippen LogP contribution in [0.5, 0.6) is 0 Å². The number of aliphatic carboxylic acids is 1. The van der Waals surface area contributed by atoms with Gasteiger partial charge in [0, 0.05) is 6.04 Å². The molecule has 21 heavy (non-hydrogen) atoms. The highest BCUT2D eigenvalue weighted by atomic mass is 79.9. The molecule has 0 radical (unpaired) electrons. The fraction of sp³-hybridized carbons (Fsp3) is 0.429. The fourth-order valence-electron chi connectivity index (χ4n) is 2.65. The maximum Gasteiger partial charge on any atom is 0.335 e. The van der Waals surface area contributed by atoms with E-state index in [0.717, 1.165) is 12.8 Å². The molecule has 7 heteroatoms. The molecule has 2 atom stereocenters. The molecule has 1 aliphatic carbocycles. The second-order valence-electron chi connectivity index (χ2n) is 5.22. The maximum absolute atomic E-state index is 13.8. The van der Waals surface area contributed by atoms with E-state index >= 15 is 0 Å². The van der Waals surface area contributed by atoms with Gasteiger partial charge in [-0.15, -0.1) is 0 Å². The molecule has 1 saturated carbocycles. The fourth-order valence-corrected chi connectivity index (χ4v) is 2.90. The van der Waals surface area contributed by atoms with Gasteiger partial charge in [-0.25, -0.2) is 9.18 Å². The highest BCUT2D eigenvalue weighted by molar-refractivity contribution is 9.10. The van der Waals surface area contributed by atoms with E-state index in [1.807, 2.05) is 0 Å². The summed E-state index contributed by atoms with van der Waals surface area (Å²) in [5.74, 6) is -1.89. The van der Waals surface area contributed by atoms with Crippen LogP contribution in [0.3, 0.4) is 0 Å². The Morgan fingerprint density at radius 3 is 2.71 bits per heavy atom. The highest BCUT2D eigenvalue weighted by Crippen LogP contribution is 2.40. The molecule has 2 aliphatic rings. The van der Waals surface area contributed by atoms with E-state index in [0.29, 0.717) is 10.0 Å². The summed E-state index contributed by atoms with van der Waals surface area (Å²) in [6.07, 6.45) is 0.505. The lowest BCUT2D eigenvalue weighted by Crippen LogP contribution is -2.52. The molecule has 3 rings (SSSR count). The van der Waals surface area contributed by atoms with Gasteiger partial charge in [-0.2, -0.15) is 0 Å². The lowest BCUT2D eigenvalue weighted by Gasteiger charge is -2.39. The number of benzene rings is 1.